The van der Waals surface area contributed by atoms with Crippen LogP contribution in [0.1, 0.15) is 10.4 Å². The first-order valence-corrected chi connectivity index (χ1v) is 10.9. The van der Waals surface area contributed by atoms with Crippen LogP contribution in [0.5, 0.6) is 0 Å². The molecule has 0 aliphatic carbocycles. The number of likely N-dealkylation sites (N-methyl/N-ethyl adjacent to an activating group) is 1. The van der Waals surface area contributed by atoms with Crippen LogP contribution >= 0.6 is 11.3 Å². The van der Waals surface area contributed by atoms with Gasteiger partial charge in [-0.2, -0.15) is 0 Å². The molecule has 0 aromatic carbocycles. The molecule has 0 amide bonds. The first-order valence-electron chi connectivity index (χ1n) is 10.1. The Morgan fingerprint density at radius 3 is 2.62 bits per heavy atom. The maximum absolute atomic E-state index is 13.1. The molecule has 9 heteroatoms. The summed E-state index contributed by atoms with van der Waals surface area (Å²) in [6.07, 6.45) is 6.23. The molecule has 1 fully saturated rings. The lowest BCUT2D eigenvalue weighted by molar-refractivity contribution is 0.246. The van der Waals surface area contributed by atoms with Crippen LogP contribution in [0.4, 0.5) is 5.95 Å². The Balaban J connectivity index is 1.26. The zero-order valence-corrected chi connectivity index (χ0v) is 17.4. The molecule has 0 unspecified atom stereocenters. The third-order valence-electron chi connectivity index (χ3n) is 5.88. The number of hydrogen-bond acceptors (Lipinski definition) is 8. The predicted octanol–water partition coefficient (Wildman–Crippen LogP) is 1.06. The molecule has 2 aliphatic heterocycles. The average molecular weight is 412 g/mol. The Labute approximate surface area is 173 Å². The molecule has 5 rings (SSSR count). The molecule has 0 radical (unpaired) electrons. The predicted molar refractivity (Wildman–Crippen MR) is 115 cm³/mol. The molecule has 0 bridgehead atoms. The van der Waals surface area contributed by atoms with E-state index < -0.39 is 0 Å². The molecule has 1 saturated heterocycles. The first-order chi connectivity index (χ1) is 14.2. The number of thiophene rings is 1. The number of nitrogens with zero attached hydrogens (tertiary/aromatic N) is 7. The molecular formula is C20H25N7OS. The van der Waals surface area contributed by atoms with Gasteiger partial charge in [-0.1, -0.05) is 0 Å². The highest BCUT2D eigenvalue weighted by atomic mass is 32.1. The molecule has 0 atom stereocenters. The van der Waals surface area contributed by atoms with Gasteiger partial charge in [0.25, 0.3) is 5.56 Å². The molecule has 0 spiro atoms. The van der Waals surface area contributed by atoms with Crippen molar-refractivity contribution in [2.45, 2.75) is 19.5 Å². The average Bonchev–Trinajstić information content (AvgIpc) is 3.12. The van der Waals surface area contributed by atoms with Gasteiger partial charge in [0.2, 0.25) is 5.95 Å². The van der Waals surface area contributed by atoms with E-state index >= 15 is 0 Å². The van der Waals surface area contributed by atoms with Crippen molar-refractivity contribution in [3.63, 3.8) is 0 Å². The van der Waals surface area contributed by atoms with Crippen LogP contribution in [0.2, 0.25) is 0 Å². The largest absolute Gasteiger partial charge is 0.338 e. The Hall–Kier alpha value is -2.36. The van der Waals surface area contributed by atoms with Crippen LogP contribution < -0.4 is 10.5 Å². The molecule has 29 heavy (non-hydrogen) atoms. The van der Waals surface area contributed by atoms with Gasteiger partial charge in [-0.25, -0.2) is 15.0 Å². The second-order valence-corrected chi connectivity index (χ2v) is 8.88. The quantitative estimate of drug-likeness (QED) is 0.636. The lowest BCUT2D eigenvalue weighted by Gasteiger charge is -2.34. The van der Waals surface area contributed by atoms with Crippen LogP contribution in [0.25, 0.3) is 10.2 Å². The topological polar surface area (TPSA) is 70.4 Å². The van der Waals surface area contributed by atoms with Gasteiger partial charge in [0.15, 0.2) is 0 Å². The third-order valence-corrected chi connectivity index (χ3v) is 7.01. The summed E-state index contributed by atoms with van der Waals surface area (Å²) >= 11 is 1.68. The van der Waals surface area contributed by atoms with Gasteiger partial charge in [-0.05, 0) is 25.1 Å². The molecule has 0 saturated carbocycles. The van der Waals surface area contributed by atoms with Crippen molar-refractivity contribution >= 4 is 27.5 Å². The van der Waals surface area contributed by atoms with E-state index in [-0.39, 0.29) is 5.56 Å². The summed E-state index contributed by atoms with van der Waals surface area (Å²) in [5.41, 5.74) is 1.35. The van der Waals surface area contributed by atoms with Gasteiger partial charge >= 0.3 is 0 Å². The van der Waals surface area contributed by atoms with E-state index in [0.717, 1.165) is 68.4 Å². The van der Waals surface area contributed by atoms with Crippen LogP contribution in [0, 0.1) is 0 Å². The Morgan fingerprint density at radius 2 is 1.83 bits per heavy atom. The number of aromatic nitrogens is 4. The third kappa shape index (κ3) is 3.65. The van der Waals surface area contributed by atoms with Crippen molar-refractivity contribution in [3.05, 3.63) is 45.6 Å². The summed E-state index contributed by atoms with van der Waals surface area (Å²) in [4.78, 5) is 35.5. The number of fused-ring (bicyclic) bond motifs is 3. The molecule has 3 aromatic rings. The summed E-state index contributed by atoms with van der Waals surface area (Å²) in [7, 11) is 2.13. The van der Waals surface area contributed by atoms with Gasteiger partial charge in [-0.15, -0.1) is 11.3 Å². The van der Waals surface area contributed by atoms with Crippen molar-refractivity contribution in [2.24, 2.45) is 0 Å². The number of piperazine rings is 1. The highest BCUT2D eigenvalue weighted by molar-refractivity contribution is 7.18. The molecule has 3 aromatic heterocycles. The molecule has 0 N–H and O–H groups in total. The van der Waals surface area contributed by atoms with E-state index in [1.807, 2.05) is 6.07 Å². The molecule has 8 nitrogen and oxygen atoms in total. The van der Waals surface area contributed by atoms with Crippen LogP contribution in [0.3, 0.4) is 0 Å². The smallest absolute Gasteiger partial charge is 0.262 e. The van der Waals surface area contributed by atoms with E-state index in [1.165, 1.54) is 10.4 Å². The molecule has 2 aliphatic rings. The fourth-order valence-corrected chi connectivity index (χ4v) is 5.44. The Kier molecular flexibility index (Phi) is 5.03. The zero-order valence-electron chi connectivity index (χ0n) is 16.6. The van der Waals surface area contributed by atoms with Crippen molar-refractivity contribution in [2.75, 3.05) is 51.2 Å². The van der Waals surface area contributed by atoms with Gasteiger partial charge in [-0.3, -0.25) is 14.3 Å². The van der Waals surface area contributed by atoms with Crippen molar-refractivity contribution in [1.82, 2.24) is 29.3 Å². The maximum atomic E-state index is 13.1. The van der Waals surface area contributed by atoms with E-state index in [1.54, 1.807) is 34.6 Å². The van der Waals surface area contributed by atoms with Crippen LogP contribution in [-0.4, -0.2) is 75.6 Å². The second kappa shape index (κ2) is 7.81. The lowest BCUT2D eigenvalue weighted by atomic mass is 10.1. The summed E-state index contributed by atoms with van der Waals surface area (Å²) in [6.45, 7) is 7.16. The van der Waals surface area contributed by atoms with E-state index in [2.05, 4.69) is 36.7 Å². The molecule has 5 heterocycles. The summed E-state index contributed by atoms with van der Waals surface area (Å²) in [5, 5.41) is 0.853. The minimum absolute atomic E-state index is 0.119. The van der Waals surface area contributed by atoms with Crippen molar-refractivity contribution < 1.29 is 0 Å². The monoisotopic (exact) mass is 411 g/mol. The normalized spacial score (nSPS) is 18.3. The van der Waals surface area contributed by atoms with E-state index in [9.17, 15) is 4.79 Å². The molecular weight excluding hydrogens is 386 g/mol. The second-order valence-electron chi connectivity index (χ2n) is 7.79. The summed E-state index contributed by atoms with van der Waals surface area (Å²) < 4.78 is 1.79. The minimum atomic E-state index is 0.119. The Morgan fingerprint density at radius 1 is 1.03 bits per heavy atom. The SMILES string of the molecule is CN1CCc2c(sc3ncn(CCN4CCN(c5ncccn5)CC4)c(=O)c23)C1. The highest BCUT2D eigenvalue weighted by Gasteiger charge is 2.23. The maximum Gasteiger partial charge on any atom is 0.262 e. The number of rotatable bonds is 4. The zero-order chi connectivity index (χ0) is 19.8. The number of hydrogen-bond donors (Lipinski definition) is 0. The highest BCUT2D eigenvalue weighted by Crippen LogP contribution is 2.31. The summed E-state index contributed by atoms with van der Waals surface area (Å²) in [5.74, 6) is 0.797. The molecule has 152 valence electrons. The fourth-order valence-electron chi connectivity index (χ4n) is 4.18. The lowest BCUT2D eigenvalue weighted by Crippen LogP contribution is -2.48. The van der Waals surface area contributed by atoms with E-state index in [0.29, 0.717) is 6.54 Å². The van der Waals surface area contributed by atoms with Crippen molar-refractivity contribution in [3.8, 4) is 0 Å². The number of anilines is 1. The first kappa shape index (κ1) is 18.7. The van der Waals surface area contributed by atoms with Crippen LogP contribution in [0.15, 0.2) is 29.6 Å². The van der Waals surface area contributed by atoms with Gasteiger partial charge < -0.3 is 9.80 Å². The standard InChI is InChI=1S/C20H25N7OS/c1-24-6-3-15-16(13-24)29-18-17(15)19(28)27(14-23-18)12-9-25-7-10-26(11-8-25)20-21-4-2-5-22-20/h2,4-5,14H,3,6-13H2,1H3. The minimum Gasteiger partial charge on any atom is -0.338 e. The van der Waals surface area contributed by atoms with Gasteiger partial charge in [0.05, 0.1) is 11.7 Å². The Bertz CT molecular complexity index is 1060. The van der Waals surface area contributed by atoms with Gasteiger partial charge in [0, 0.05) is 69.6 Å². The summed E-state index contributed by atoms with van der Waals surface area (Å²) in [6, 6.07) is 1.84. The van der Waals surface area contributed by atoms with Crippen LogP contribution in [-0.2, 0) is 19.5 Å². The van der Waals surface area contributed by atoms with E-state index in [4.69, 9.17) is 0 Å². The fraction of sp³-hybridized carbons (Fsp3) is 0.500. The van der Waals surface area contributed by atoms with Crippen molar-refractivity contribution in [1.29, 1.82) is 0 Å². The van der Waals surface area contributed by atoms with Gasteiger partial charge in [0.1, 0.15) is 4.83 Å².